The second-order valence-corrected chi connectivity index (χ2v) is 9.52. The quantitative estimate of drug-likeness (QED) is 0.542. The summed E-state index contributed by atoms with van der Waals surface area (Å²) < 4.78 is 5.63. The molecule has 3 N–H and O–H groups in total. The van der Waals surface area contributed by atoms with E-state index in [4.69, 9.17) is 4.74 Å². The van der Waals surface area contributed by atoms with Crippen molar-refractivity contribution in [1.29, 1.82) is 0 Å². The smallest absolute Gasteiger partial charge is 0.407 e. The van der Waals surface area contributed by atoms with Gasteiger partial charge in [0.2, 0.25) is 5.91 Å². The number of aliphatic carboxylic acids is 1. The number of amides is 2. The summed E-state index contributed by atoms with van der Waals surface area (Å²) in [6.45, 7) is 0.228. The molecule has 0 radical (unpaired) electrons. The Morgan fingerprint density at radius 2 is 1.65 bits per heavy atom. The molecule has 7 heteroatoms. The Bertz CT molecular complexity index is 1110. The molecule has 0 aliphatic heterocycles. The largest absolute Gasteiger partial charge is 0.481 e. The molecule has 3 aliphatic carbocycles. The van der Waals surface area contributed by atoms with Crippen molar-refractivity contribution in [3.05, 3.63) is 71.8 Å². The summed E-state index contributed by atoms with van der Waals surface area (Å²) in [5.74, 6) is -1.54. The number of fused-ring (bicyclic) bond motifs is 3. The fourth-order valence-electron chi connectivity index (χ4n) is 5.11. The van der Waals surface area contributed by atoms with Crippen molar-refractivity contribution < 1.29 is 24.2 Å². The maximum atomic E-state index is 12.6. The van der Waals surface area contributed by atoms with Gasteiger partial charge >= 0.3 is 12.1 Å². The molecule has 0 aromatic heterocycles. The van der Waals surface area contributed by atoms with E-state index in [0.717, 1.165) is 11.1 Å². The minimum absolute atomic E-state index is 0.0168. The Morgan fingerprint density at radius 1 is 1.00 bits per heavy atom. The lowest BCUT2D eigenvalue weighted by molar-refractivity contribution is -0.142. The molecule has 176 valence electrons. The summed E-state index contributed by atoms with van der Waals surface area (Å²) in [6, 6.07) is 16.0. The van der Waals surface area contributed by atoms with Gasteiger partial charge in [-0.15, -0.1) is 0 Å². The van der Waals surface area contributed by atoms with Gasteiger partial charge in [0.05, 0.1) is 11.5 Å². The first kappa shape index (κ1) is 22.2. The number of carboxylic acid groups (broad SMARTS) is 1. The normalized spacial score (nSPS) is 21.8. The molecular formula is C27H28N2O5. The summed E-state index contributed by atoms with van der Waals surface area (Å²) in [5, 5.41) is 15.0. The van der Waals surface area contributed by atoms with Crippen molar-refractivity contribution in [2.45, 2.75) is 49.6 Å². The van der Waals surface area contributed by atoms with Crippen LogP contribution in [-0.4, -0.2) is 41.3 Å². The molecule has 2 atom stereocenters. The molecule has 2 aromatic rings. The van der Waals surface area contributed by atoms with Gasteiger partial charge in [-0.1, -0.05) is 60.7 Å². The number of rotatable bonds is 7. The molecule has 34 heavy (non-hydrogen) atoms. The van der Waals surface area contributed by atoms with E-state index < -0.39 is 23.5 Å². The fourth-order valence-corrected chi connectivity index (χ4v) is 5.11. The molecule has 0 spiro atoms. The number of benzene rings is 2. The Kier molecular flexibility index (Phi) is 5.86. The highest BCUT2D eigenvalue weighted by Crippen LogP contribution is 2.44. The maximum Gasteiger partial charge on any atom is 0.407 e. The first-order valence-electron chi connectivity index (χ1n) is 11.8. The Morgan fingerprint density at radius 3 is 2.26 bits per heavy atom. The highest BCUT2D eigenvalue weighted by molar-refractivity contribution is 5.81. The fraction of sp³-hybridized carbons (Fsp3) is 0.370. The van der Waals surface area contributed by atoms with Crippen molar-refractivity contribution in [3.8, 4) is 11.1 Å². The summed E-state index contributed by atoms with van der Waals surface area (Å²) in [7, 11) is 0. The Balaban J connectivity index is 1.15. The van der Waals surface area contributed by atoms with Gasteiger partial charge in [0.25, 0.3) is 0 Å². The van der Waals surface area contributed by atoms with E-state index in [2.05, 4.69) is 34.9 Å². The first-order chi connectivity index (χ1) is 16.4. The second-order valence-electron chi connectivity index (χ2n) is 9.52. The number of carbonyl (C=O) groups is 3. The van der Waals surface area contributed by atoms with Crippen LogP contribution >= 0.6 is 0 Å². The van der Waals surface area contributed by atoms with Gasteiger partial charge in [-0.25, -0.2) is 4.79 Å². The number of hydrogen-bond acceptors (Lipinski definition) is 4. The van der Waals surface area contributed by atoms with Gasteiger partial charge in [-0.05, 0) is 47.9 Å². The van der Waals surface area contributed by atoms with Gasteiger partial charge in [0.1, 0.15) is 6.61 Å². The lowest BCUT2D eigenvalue weighted by Gasteiger charge is -2.24. The maximum absolute atomic E-state index is 12.6. The Hall–Kier alpha value is -3.61. The molecule has 1 fully saturated rings. The van der Waals surface area contributed by atoms with Crippen molar-refractivity contribution in [2.75, 3.05) is 6.61 Å². The molecule has 2 aromatic carbocycles. The molecule has 0 saturated heterocycles. The number of carboxylic acids is 1. The third-order valence-corrected chi connectivity index (χ3v) is 7.09. The van der Waals surface area contributed by atoms with E-state index >= 15 is 0 Å². The average molecular weight is 461 g/mol. The highest BCUT2D eigenvalue weighted by atomic mass is 16.5. The van der Waals surface area contributed by atoms with Gasteiger partial charge in [0.15, 0.2) is 0 Å². The first-order valence-corrected chi connectivity index (χ1v) is 11.8. The van der Waals surface area contributed by atoms with Gasteiger partial charge < -0.3 is 20.5 Å². The number of carbonyl (C=O) groups excluding carboxylic acids is 2. The van der Waals surface area contributed by atoms with E-state index in [0.29, 0.717) is 25.7 Å². The van der Waals surface area contributed by atoms with Gasteiger partial charge in [0, 0.05) is 18.4 Å². The van der Waals surface area contributed by atoms with Crippen LogP contribution in [0.4, 0.5) is 4.79 Å². The number of nitrogens with one attached hydrogen (secondary N) is 2. The lowest BCUT2D eigenvalue weighted by atomic mass is 9.91. The molecule has 2 amide bonds. The third kappa shape index (κ3) is 4.55. The van der Waals surface area contributed by atoms with E-state index in [9.17, 15) is 19.5 Å². The third-order valence-electron chi connectivity index (χ3n) is 7.09. The average Bonchev–Trinajstić information content (AvgIpc) is 3.49. The number of ether oxygens (including phenoxy) is 1. The van der Waals surface area contributed by atoms with Crippen molar-refractivity contribution in [1.82, 2.24) is 10.6 Å². The predicted molar refractivity (Wildman–Crippen MR) is 126 cm³/mol. The number of alkyl carbamates (subject to hydrolysis) is 1. The van der Waals surface area contributed by atoms with E-state index in [1.54, 1.807) is 6.08 Å². The Labute approximate surface area is 198 Å². The van der Waals surface area contributed by atoms with Crippen LogP contribution in [0.2, 0.25) is 0 Å². The van der Waals surface area contributed by atoms with Crippen LogP contribution in [0.1, 0.15) is 49.1 Å². The van der Waals surface area contributed by atoms with E-state index in [-0.39, 0.29) is 30.9 Å². The van der Waals surface area contributed by atoms with Crippen molar-refractivity contribution >= 4 is 18.0 Å². The molecule has 1 saturated carbocycles. The number of allylic oxidation sites excluding steroid dienone is 1. The van der Waals surface area contributed by atoms with Crippen LogP contribution in [-0.2, 0) is 14.3 Å². The number of hydrogen-bond donors (Lipinski definition) is 3. The van der Waals surface area contributed by atoms with Crippen LogP contribution in [0.3, 0.4) is 0 Å². The molecular weight excluding hydrogens is 432 g/mol. The highest BCUT2D eigenvalue weighted by Gasteiger charge is 2.46. The van der Waals surface area contributed by atoms with Crippen molar-refractivity contribution in [2.24, 2.45) is 5.92 Å². The monoisotopic (exact) mass is 460 g/mol. The lowest BCUT2D eigenvalue weighted by Crippen LogP contribution is -2.44. The SMILES string of the molecule is O=C(CC1(NC(=O)OCC2c3ccccc3-c3ccccc32)CC1)N[C@@H]1C=CC[C@@H](C(=O)O)C1. The van der Waals surface area contributed by atoms with Crippen LogP contribution in [0.25, 0.3) is 11.1 Å². The van der Waals surface area contributed by atoms with Gasteiger partial charge in [-0.3, -0.25) is 9.59 Å². The molecule has 5 rings (SSSR count). The molecule has 0 heterocycles. The van der Waals surface area contributed by atoms with E-state index in [1.165, 1.54) is 11.1 Å². The van der Waals surface area contributed by atoms with Crippen LogP contribution in [0.5, 0.6) is 0 Å². The predicted octanol–water partition coefficient (Wildman–Crippen LogP) is 3.98. The molecule has 3 aliphatic rings. The summed E-state index contributed by atoms with van der Waals surface area (Å²) in [4.78, 5) is 36.4. The van der Waals surface area contributed by atoms with Crippen molar-refractivity contribution in [3.63, 3.8) is 0 Å². The minimum atomic E-state index is -0.848. The zero-order valence-corrected chi connectivity index (χ0v) is 18.8. The zero-order chi connectivity index (χ0) is 23.7. The molecule has 0 unspecified atom stereocenters. The molecule has 0 bridgehead atoms. The molecule has 7 nitrogen and oxygen atoms in total. The van der Waals surface area contributed by atoms with E-state index in [1.807, 2.05) is 30.3 Å². The topological polar surface area (TPSA) is 105 Å². The summed E-state index contributed by atoms with van der Waals surface area (Å²) in [5.41, 5.74) is 4.06. The standard InChI is InChI=1S/C27H28N2O5/c30-24(28-18-7-5-6-17(14-18)25(31)32)15-27(12-13-27)29-26(33)34-16-23-21-10-3-1-8-19(21)20-9-2-4-11-22(20)23/h1-5,7-11,17-18,23H,6,12-16H2,(H,28,30)(H,29,33)(H,31,32)/t17-,18-/m1/s1. The zero-order valence-electron chi connectivity index (χ0n) is 18.8. The van der Waals surface area contributed by atoms with Crippen LogP contribution < -0.4 is 10.6 Å². The summed E-state index contributed by atoms with van der Waals surface area (Å²) in [6.07, 6.45) is 5.56. The van der Waals surface area contributed by atoms with Crippen LogP contribution in [0.15, 0.2) is 60.7 Å². The van der Waals surface area contributed by atoms with Crippen LogP contribution in [0, 0.1) is 5.92 Å². The van der Waals surface area contributed by atoms with Gasteiger partial charge in [-0.2, -0.15) is 0 Å². The minimum Gasteiger partial charge on any atom is -0.481 e. The second kappa shape index (κ2) is 8.97. The summed E-state index contributed by atoms with van der Waals surface area (Å²) >= 11 is 0.